The summed E-state index contributed by atoms with van der Waals surface area (Å²) in [4.78, 5) is 14.2. The summed E-state index contributed by atoms with van der Waals surface area (Å²) in [6.45, 7) is 0.389. The van der Waals surface area contributed by atoms with E-state index in [-0.39, 0.29) is 0 Å². The van der Waals surface area contributed by atoms with Gasteiger partial charge >= 0.3 is 0 Å². The summed E-state index contributed by atoms with van der Waals surface area (Å²) in [5.74, 6) is 0.457. The second kappa shape index (κ2) is 3.15. The van der Waals surface area contributed by atoms with Gasteiger partial charge in [0.2, 0.25) is 0 Å². The molecule has 2 aromatic rings. The minimum Gasteiger partial charge on any atom is -0.427 e. The van der Waals surface area contributed by atoms with E-state index in [4.69, 9.17) is 0 Å². The summed E-state index contributed by atoms with van der Waals surface area (Å²) < 4.78 is 6.48. The van der Waals surface area contributed by atoms with E-state index in [9.17, 15) is 4.79 Å². The number of pyridine rings is 1. The van der Waals surface area contributed by atoms with Gasteiger partial charge in [0.25, 0.3) is 6.47 Å². The van der Waals surface area contributed by atoms with Crippen molar-refractivity contribution in [1.82, 2.24) is 9.32 Å². The van der Waals surface area contributed by atoms with Gasteiger partial charge in [-0.3, -0.25) is 4.79 Å². The maximum Gasteiger partial charge on any atom is 0.298 e. The van der Waals surface area contributed by atoms with Gasteiger partial charge in [0, 0.05) is 11.6 Å². The summed E-state index contributed by atoms with van der Waals surface area (Å²) in [5.41, 5.74) is 0.836. The van der Waals surface area contributed by atoms with Crippen LogP contribution in [0.2, 0.25) is 0 Å². The van der Waals surface area contributed by atoms with E-state index in [0.717, 1.165) is 11.0 Å². The van der Waals surface area contributed by atoms with Crippen LogP contribution in [-0.4, -0.2) is 15.8 Å². The molecule has 1 atom stereocenters. The highest BCUT2D eigenvalue weighted by atomic mass is 31.0. The van der Waals surface area contributed by atoms with Crippen molar-refractivity contribution in [1.29, 1.82) is 0 Å². The van der Waals surface area contributed by atoms with Gasteiger partial charge in [-0.1, -0.05) is 0 Å². The zero-order valence-corrected chi connectivity index (χ0v) is 7.83. The molecule has 2 rings (SSSR count). The number of carbonyl (C=O) groups is 1. The maximum absolute atomic E-state index is 10.1. The molecule has 0 aromatic carbocycles. The Bertz CT molecular complexity index is 452. The third kappa shape index (κ3) is 1.40. The molecule has 0 N–H and O–H groups in total. The van der Waals surface area contributed by atoms with Crippen molar-refractivity contribution in [2.24, 2.45) is 0 Å². The van der Waals surface area contributed by atoms with Crippen LogP contribution < -0.4 is 4.74 Å². The smallest absolute Gasteiger partial charge is 0.298 e. The van der Waals surface area contributed by atoms with Crippen molar-refractivity contribution in [2.45, 2.75) is 0 Å². The van der Waals surface area contributed by atoms with E-state index in [2.05, 4.69) is 19.1 Å². The van der Waals surface area contributed by atoms with Crippen molar-refractivity contribution in [3.63, 3.8) is 0 Å². The minimum absolute atomic E-state index is 0.389. The quantitative estimate of drug-likeness (QED) is 0.533. The Morgan fingerprint density at radius 3 is 3.23 bits per heavy atom. The van der Waals surface area contributed by atoms with E-state index in [1.165, 1.54) is 6.20 Å². The second-order valence-corrected chi connectivity index (χ2v) is 3.08. The van der Waals surface area contributed by atoms with Crippen molar-refractivity contribution in [2.75, 3.05) is 0 Å². The third-order valence-electron chi connectivity index (χ3n) is 1.71. The van der Waals surface area contributed by atoms with Gasteiger partial charge in [0.05, 0.1) is 6.20 Å². The van der Waals surface area contributed by atoms with Gasteiger partial charge in [-0.15, -0.1) is 0 Å². The van der Waals surface area contributed by atoms with E-state index in [1.54, 1.807) is 6.07 Å². The zero-order valence-electron chi connectivity index (χ0n) is 6.68. The number of hydrogen-bond donors (Lipinski definition) is 0. The second-order valence-electron chi connectivity index (χ2n) is 2.52. The molecule has 0 aliphatic rings. The Morgan fingerprint density at radius 1 is 1.62 bits per heavy atom. The fourth-order valence-electron chi connectivity index (χ4n) is 1.14. The monoisotopic (exact) mass is 194 g/mol. The minimum atomic E-state index is 0.389. The third-order valence-corrected chi connectivity index (χ3v) is 2.13. The van der Waals surface area contributed by atoms with Crippen LogP contribution in [0.3, 0.4) is 0 Å². The molecular weight excluding hydrogens is 187 g/mol. The standard InChI is InChI=1S/C8H7N2O2P/c11-5-12-7-3-6-1-2-10(13)8(6)9-4-7/h1-5H,13H2. The Morgan fingerprint density at radius 2 is 2.46 bits per heavy atom. The Labute approximate surface area is 76.8 Å². The molecule has 0 spiro atoms. The normalized spacial score (nSPS) is 10.2. The number of fused-ring (bicyclic) bond motifs is 1. The predicted octanol–water partition coefficient (Wildman–Crippen LogP) is 1.21. The molecule has 13 heavy (non-hydrogen) atoms. The average molecular weight is 194 g/mol. The molecule has 1 unspecified atom stereocenters. The summed E-state index contributed by atoms with van der Waals surface area (Å²) >= 11 is 0. The van der Waals surface area contributed by atoms with Crippen LogP contribution >= 0.6 is 9.39 Å². The first-order chi connectivity index (χ1) is 6.31. The van der Waals surface area contributed by atoms with Crippen LogP contribution in [0.25, 0.3) is 11.0 Å². The fourth-order valence-corrected chi connectivity index (χ4v) is 1.45. The molecule has 0 saturated heterocycles. The van der Waals surface area contributed by atoms with E-state index >= 15 is 0 Å². The molecule has 4 nitrogen and oxygen atoms in total. The molecule has 0 radical (unpaired) electrons. The lowest BCUT2D eigenvalue weighted by molar-refractivity contribution is -0.120. The van der Waals surface area contributed by atoms with Gasteiger partial charge in [-0.2, -0.15) is 0 Å². The number of carbonyl (C=O) groups excluding carboxylic acids is 1. The number of rotatable bonds is 2. The lowest BCUT2D eigenvalue weighted by atomic mass is 10.3. The van der Waals surface area contributed by atoms with E-state index in [1.807, 2.05) is 16.6 Å². The number of nitrogens with zero attached hydrogens (tertiary/aromatic N) is 2. The van der Waals surface area contributed by atoms with Crippen molar-refractivity contribution in [3.05, 3.63) is 24.5 Å². The van der Waals surface area contributed by atoms with Gasteiger partial charge in [0.15, 0.2) is 0 Å². The molecule has 0 aliphatic heterocycles. The highest BCUT2D eigenvalue weighted by Gasteiger charge is 2.00. The summed E-state index contributed by atoms with van der Waals surface area (Å²) in [5, 5.41) is 0.939. The Kier molecular flexibility index (Phi) is 1.99. The van der Waals surface area contributed by atoms with E-state index in [0.29, 0.717) is 12.2 Å². The summed E-state index contributed by atoms with van der Waals surface area (Å²) in [6.07, 6.45) is 3.38. The molecular formula is C8H7N2O2P. The molecule has 0 bridgehead atoms. The van der Waals surface area contributed by atoms with Crippen molar-refractivity contribution < 1.29 is 9.53 Å². The lowest BCUT2D eigenvalue weighted by Gasteiger charge is -1.97. The molecule has 2 aromatic heterocycles. The number of aromatic nitrogens is 2. The maximum atomic E-state index is 10.1. The Hall–Kier alpha value is -1.41. The molecule has 0 fully saturated rings. The van der Waals surface area contributed by atoms with Gasteiger partial charge < -0.3 is 9.07 Å². The van der Waals surface area contributed by atoms with Gasteiger partial charge in [0.1, 0.15) is 11.4 Å². The van der Waals surface area contributed by atoms with Crippen LogP contribution in [0.15, 0.2) is 24.5 Å². The SMILES string of the molecule is O=COc1cnc2c(ccn2P)c1. The number of ether oxygens (including phenoxy) is 1. The first-order valence-corrected chi connectivity index (χ1v) is 4.15. The van der Waals surface area contributed by atoms with Crippen LogP contribution in [0.4, 0.5) is 0 Å². The van der Waals surface area contributed by atoms with Gasteiger partial charge in [-0.05, 0) is 21.5 Å². The van der Waals surface area contributed by atoms with Crippen LogP contribution in [0, 0.1) is 0 Å². The number of hydrogen-bond acceptors (Lipinski definition) is 3. The van der Waals surface area contributed by atoms with E-state index < -0.39 is 0 Å². The predicted molar refractivity (Wildman–Crippen MR) is 51.5 cm³/mol. The van der Waals surface area contributed by atoms with Gasteiger partial charge in [-0.25, -0.2) is 4.98 Å². The topological polar surface area (TPSA) is 44.1 Å². The zero-order chi connectivity index (χ0) is 9.26. The summed E-state index contributed by atoms with van der Waals surface area (Å²) in [7, 11) is 2.52. The lowest BCUT2D eigenvalue weighted by Crippen LogP contribution is -1.89. The average Bonchev–Trinajstić information content (AvgIpc) is 2.48. The van der Waals surface area contributed by atoms with Crippen LogP contribution in [-0.2, 0) is 4.79 Å². The molecule has 0 amide bonds. The molecule has 0 saturated carbocycles. The molecule has 0 aliphatic carbocycles. The first-order valence-electron chi connectivity index (χ1n) is 3.64. The van der Waals surface area contributed by atoms with Crippen LogP contribution in [0.1, 0.15) is 0 Å². The van der Waals surface area contributed by atoms with Crippen molar-refractivity contribution >= 4 is 26.9 Å². The highest BCUT2D eigenvalue weighted by Crippen LogP contribution is 2.20. The van der Waals surface area contributed by atoms with Crippen molar-refractivity contribution in [3.8, 4) is 5.75 Å². The summed E-state index contributed by atoms with van der Waals surface area (Å²) in [6, 6.07) is 3.66. The highest BCUT2D eigenvalue weighted by molar-refractivity contribution is 7.14. The largest absolute Gasteiger partial charge is 0.427 e. The Balaban J connectivity index is 2.56. The molecule has 5 heteroatoms. The molecule has 66 valence electrons. The van der Waals surface area contributed by atoms with Crippen LogP contribution in [0.5, 0.6) is 5.75 Å². The first kappa shape index (κ1) is 8.20. The fraction of sp³-hybridized carbons (Fsp3) is 0. The molecule has 2 heterocycles.